The lowest BCUT2D eigenvalue weighted by Crippen LogP contribution is -2.04. The van der Waals surface area contributed by atoms with Gasteiger partial charge in [-0.2, -0.15) is 0 Å². The summed E-state index contributed by atoms with van der Waals surface area (Å²) in [5.41, 5.74) is 6.65. The van der Waals surface area contributed by atoms with Crippen LogP contribution in [0.15, 0.2) is 24.5 Å². The molecule has 0 aliphatic rings. The summed E-state index contributed by atoms with van der Waals surface area (Å²) >= 11 is 0. The van der Waals surface area contributed by atoms with Gasteiger partial charge in [0.25, 0.3) is 0 Å². The lowest BCUT2D eigenvalue weighted by molar-refractivity contribution is 0.811. The fourth-order valence-corrected chi connectivity index (χ4v) is 0.645. The molecule has 0 saturated heterocycles. The number of hydrogen-bond donors (Lipinski definition) is 1. The molecule has 0 aliphatic carbocycles. The van der Waals surface area contributed by atoms with E-state index in [1.165, 1.54) is 0 Å². The number of aromatic nitrogens is 1. The molecule has 1 heterocycles. The summed E-state index contributed by atoms with van der Waals surface area (Å²) in [5.74, 6) is 0. The first-order valence-electron chi connectivity index (χ1n) is 2.96. The van der Waals surface area contributed by atoms with E-state index in [4.69, 9.17) is 5.73 Å². The van der Waals surface area contributed by atoms with E-state index in [2.05, 4.69) is 4.98 Å². The van der Waals surface area contributed by atoms with E-state index in [1.54, 1.807) is 12.4 Å². The van der Waals surface area contributed by atoms with Gasteiger partial charge >= 0.3 is 0 Å². The highest BCUT2D eigenvalue weighted by Gasteiger charge is 1.94. The third-order valence-electron chi connectivity index (χ3n) is 1.21. The van der Waals surface area contributed by atoms with E-state index in [9.17, 15) is 0 Å². The Morgan fingerprint density at radius 2 is 2.44 bits per heavy atom. The smallest absolute Gasteiger partial charge is 0.0315 e. The lowest BCUT2D eigenvalue weighted by Gasteiger charge is -2.01. The van der Waals surface area contributed by atoms with Gasteiger partial charge in [0.05, 0.1) is 0 Å². The van der Waals surface area contributed by atoms with Crippen molar-refractivity contribution < 1.29 is 0 Å². The van der Waals surface area contributed by atoms with Crippen molar-refractivity contribution in [3.05, 3.63) is 30.1 Å². The minimum Gasteiger partial charge on any atom is -0.324 e. The van der Waals surface area contributed by atoms with E-state index >= 15 is 0 Å². The lowest BCUT2D eigenvalue weighted by atomic mass is 10.2. The second-order valence-corrected chi connectivity index (χ2v) is 2.08. The van der Waals surface area contributed by atoms with E-state index in [0.29, 0.717) is 0 Å². The monoisotopic (exact) mass is 122 g/mol. The van der Waals surface area contributed by atoms with Crippen LogP contribution in [0.2, 0.25) is 0 Å². The van der Waals surface area contributed by atoms with Crippen molar-refractivity contribution in [3.63, 3.8) is 0 Å². The fourth-order valence-electron chi connectivity index (χ4n) is 0.645. The zero-order chi connectivity index (χ0) is 6.69. The molecule has 0 aliphatic heterocycles. The largest absolute Gasteiger partial charge is 0.324 e. The number of nitrogens with two attached hydrogens (primary N) is 1. The molecular formula is C7H10N2. The van der Waals surface area contributed by atoms with Gasteiger partial charge in [-0.15, -0.1) is 0 Å². The highest BCUT2D eigenvalue weighted by Crippen LogP contribution is 2.04. The molecule has 0 radical (unpaired) electrons. The van der Waals surface area contributed by atoms with Crippen LogP contribution in [0.1, 0.15) is 18.5 Å². The number of hydrogen-bond acceptors (Lipinski definition) is 2. The van der Waals surface area contributed by atoms with Gasteiger partial charge in [-0.1, -0.05) is 6.07 Å². The molecule has 0 unspecified atom stereocenters. The third-order valence-corrected chi connectivity index (χ3v) is 1.21. The fraction of sp³-hybridized carbons (Fsp3) is 0.286. The first kappa shape index (κ1) is 6.23. The van der Waals surface area contributed by atoms with Crippen molar-refractivity contribution in [3.8, 4) is 0 Å². The van der Waals surface area contributed by atoms with Gasteiger partial charge in [-0.3, -0.25) is 4.98 Å². The standard InChI is InChI=1S/C7H10N2/c1-6(8)7-3-2-4-9-5-7/h2-6H,8H2,1H3/t6-/m0/s1. The SMILES string of the molecule is C[C@H](N)c1cccnc1. The molecule has 0 bridgehead atoms. The Morgan fingerprint density at radius 1 is 1.67 bits per heavy atom. The molecular weight excluding hydrogens is 112 g/mol. The van der Waals surface area contributed by atoms with E-state index < -0.39 is 0 Å². The summed E-state index contributed by atoms with van der Waals surface area (Å²) in [6.07, 6.45) is 3.52. The van der Waals surface area contributed by atoms with E-state index in [0.717, 1.165) is 5.56 Å². The molecule has 2 nitrogen and oxygen atoms in total. The predicted molar refractivity (Wildman–Crippen MR) is 36.8 cm³/mol. The molecule has 1 rings (SSSR count). The molecule has 0 aromatic carbocycles. The van der Waals surface area contributed by atoms with Crippen LogP contribution in [0.5, 0.6) is 0 Å². The minimum atomic E-state index is 0.0960. The maximum absolute atomic E-state index is 5.57. The van der Waals surface area contributed by atoms with Crippen LogP contribution in [0.4, 0.5) is 0 Å². The summed E-state index contributed by atoms with van der Waals surface area (Å²) < 4.78 is 0. The van der Waals surface area contributed by atoms with Gasteiger partial charge in [-0.25, -0.2) is 0 Å². The number of nitrogens with zero attached hydrogens (tertiary/aromatic N) is 1. The summed E-state index contributed by atoms with van der Waals surface area (Å²) in [6.45, 7) is 1.94. The molecule has 2 heteroatoms. The van der Waals surface area contributed by atoms with Crippen LogP contribution in [0, 0.1) is 0 Å². The van der Waals surface area contributed by atoms with Crippen molar-refractivity contribution in [1.29, 1.82) is 0 Å². The highest BCUT2D eigenvalue weighted by atomic mass is 14.7. The van der Waals surface area contributed by atoms with Crippen molar-refractivity contribution in [2.24, 2.45) is 5.73 Å². The van der Waals surface area contributed by atoms with Gasteiger partial charge < -0.3 is 5.73 Å². The molecule has 0 saturated carbocycles. The first-order chi connectivity index (χ1) is 4.30. The zero-order valence-electron chi connectivity index (χ0n) is 5.41. The Labute approximate surface area is 54.7 Å². The van der Waals surface area contributed by atoms with Crippen LogP contribution in [-0.2, 0) is 0 Å². The van der Waals surface area contributed by atoms with Crippen LogP contribution in [0.25, 0.3) is 0 Å². The Kier molecular flexibility index (Phi) is 1.80. The predicted octanol–water partition coefficient (Wildman–Crippen LogP) is 1.10. The molecule has 9 heavy (non-hydrogen) atoms. The van der Waals surface area contributed by atoms with Gasteiger partial charge in [0.1, 0.15) is 0 Å². The summed E-state index contributed by atoms with van der Waals surface area (Å²) in [7, 11) is 0. The minimum absolute atomic E-state index is 0.0960. The zero-order valence-corrected chi connectivity index (χ0v) is 5.41. The van der Waals surface area contributed by atoms with Gasteiger partial charge in [0.15, 0.2) is 0 Å². The quantitative estimate of drug-likeness (QED) is 0.605. The van der Waals surface area contributed by atoms with Gasteiger partial charge in [-0.05, 0) is 18.6 Å². The van der Waals surface area contributed by atoms with Gasteiger partial charge in [0.2, 0.25) is 0 Å². The normalized spacial score (nSPS) is 13.1. The second-order valence-electron chi connectivity index (χ2n) is 2.08. The van der Waals surface area contributed by atoms with E-state index in [1.807, 2.05) is 19.1 Å². The maximum atomic E-state index is 5.57. The number of rotatable bonds is 1. The average molecular weight is 122 g/mol. The Balaban J connectivity index is 2.85. The molecule has 1 atom stereocenters. The van der Waals surface area contributed by atoms with Crippen LogP contribution < -0.4 is 5.73 Å². The Hall–Kier alpha value is -0.890. The Bertz CT molecular complexity index is 170. The molecule has 1 aromatic heterocycles. The van der Waals surface area contributed by atoms with Crippen molar-refractivity contribution in [2.75, 3.05) is 0 Å². The number of pyridine rings is 1. The molecule has 0 amide bonds. The highest BCUT2D eigenvalue weighted by molar-refractivity contribution is 5.11. The van der Waals surface area contributed by atoms with Crippen LogP contribution in [0.3, 0.4) is 0 Å². The summed E-state index contributed by atoms with van der Waals surface area (Å²) in [4.78, 5) is 3.93. The average Bonchev–Trinajstić information content (AvgIpc) is 1.90. The molecule has 0 spiro atoms. The maximum Gasteiger partial charge on any atom is 0.0315 e. The first-order valence-corrected chi connectivity index (χ1v) is 2.96. The summed E-state index contributed by atoms with van der Waals surface area (Å²) in [5, 5.41) is 0. The molecule has 48 valence electrons. The van der Waals surface area contributed by atoms with Crippen molar-refractivity contribution in [2.45, 2.75) is 13.0 Å². The molecule has 2 N–H and O–H groups in total. The molecule has 0 fully saturated rings. The van der Waals surface area contributed by atoms with E-state index in [-0.39, 0.29) is 6.04 Å². The van der Waals surface area contributed by atoms with Gasteiger partial charge in [0, 0.05) is 18.4 Å². The molecule has 1 aromatic rings. The third kappa shape index (κ3) is 1.50. The topological polar surface area (TPSA) is 38.9 Å². The second kappa shape index (κ2) is 2.60. The van der Waals surface area contributed by atoms with Crippen LogP contribution >= 0.6 is 0 Å². The van der Waals surface area contributed by atoms with Crippen molar-refractivity contribution in [1.82, 2.24) is 4.98 Å². The Morgan fingerprint density at radius 3 is 2.78 bits per heavy atom. The van der Waals surface area contributed by atoms with Crippen molar-refractivity contribution >= 4 is 0 Å². The summed E-state index contributed by atoms with van der Waals surface area (Å²) in [6, 6.07) is 3.95. The van der Waals surface area contributed by atoms with Crippen LogP contribution in [-0.4, -0.2) is 4.98 Å².